The van der Waals surface area contributed by atoms with Gasteiger partial charge in [0, 0.05) is 0 Å². The van der Waals surface area contributed by atoms with Gasteiger partial charge in [0.05, 0.1) is 5.41 Å². The number of rotatable bonds is 5. The van der Waals surface area contributed by atoms with E-state index in [9.17, 15) is 4.79 Å². The van der Waals surface area contributed by atoms with Crippen LogP contribution in [-0.2, 0) is 4.79 Å². The van der Waals surface area contributed by atoms with Gasteiger partial charge in [-0.1, -0.05) is 45.9 Å². The summed E-state index contributed by atoms with van der Waals surface area (Å²) in [4.78, 5) is 10.7. The molecule has 1 unspecified atom stereocenters. The van der Waals surface area contributed by atoms with Crippen molar-refractivity contribution < 1.29 is 9.90 Å². The van der Waals surface area contributed by atoms with Crippen LogP contribution >= 0.6 is 0 Å². The van der Waals surface area contributed by atoms with Gasteiger partial charge >= 0.3 is 5.97 Å². The average Bonchev–Trinajstić information content (AvgIpc) is 2.28. The molecule has 0 spiro atoms. The average molecular weight is 254 g/mol. The maximum atomic E-state index is 10.7. The smallest absolute Gasteiger partial charge is 0.309 e. The summed E-state index contributed by atoms with van der Waals surface area (Å²) in [6.07, 6.45) is 3.17. The van der Waals surface area contributed by atoms with Gasteiger partial charge < -0.3 is 5.11 Å². The van der Waals surface area contributed by atoms with Gasteiger partial charge in [-0.25, -0.2) is 0 Å². The second kappa shape index (κ2) is 7.40. The topological polar surface area (TPSA) is 37.3 Å². The predicted molar refractivity (Wildman–Crippen MR) is 79.7 cm³/mol. The summed E-state index contributed by atoms with van der Waals surface area (Å²) in [6, 6.07) is 0. The minimum absolute atomic E-state index is 0.0139. The van der Waals surface area contributed by atoms with E-state index in [0.717, 1.165) is 5.57 Å². The van der Waals surface area contributed by atoms with E-state index in [2.05, 4.69) is 33.9 Å². The van der Waals surface area contributed by atoms with Crippen LogP contribution in [0.1, 0.15) is 54.9 Å². The van der Waals surface area contributed by atoms with Crippen molar-refractivity contribution in [2.75, 3.05) is 0 Å². The normalized spacial score (nSPS) is 13.1. The first-order valence-corrected chi connectivity index (χ1v) is 6.44. The van der Waals surface area contributed by atoms with E-state index in [0.29, 0.717) is 5.41 Å². The maximum Gasteiger partial charge on any atom is 0.309 e. The van der Waals surface area contributed by atoms with Crippen LogP contribution in [0.15, 0.2) is 24.8 Å². The van der Waals surface area contributed by atoms with Gasteiger partial charge in [-0.05, 0) is 38.5 Å². The first-order valence-electron chi connectivity index (χ1n) is 6.44. The SMILES string of the molecule is C=C(C)C(C)C(C)(C)C(=O)O.C=CC(C)(C)CC. The molecule has 0 aliphatic carbocycles. The first-order chi connectivity index (χ1) is 7.92. The van der Waals surface area contributed by atoms with Gasteiger partial charge in [0.15, 0.2) is 0 Å². The molecule has 0 amide bonds. The number of hydrogen-bond acceptors (Lipinski definition) is 1. The molecule has 0 aliphatic rings. The van der Waals surface area contributed by atoms with Gasteiger partial charge in [0.2, 0.25) is 0 Å². The van der Waals surface area contributed by atoms with E-state index >= 15 is 0 Å². The van der Waals surface area contributed by atoms with E-state index in [1.54, 1.807) is 13.8 Å². The Labute approximate surface area is 113 Å². The zero-order valence-electron chi connectivity index (χ0n) is 13.1. The third-order valence-corrected chi connectivity index (χ3v) is 3.84. The highest BCUT2D eigenvalue weighted by Crippen LogP contribution is 2.31. The Morgan fingerprint density at radius 1 is 1.33 bits per heavy atom. The van der Waals surface area contributed by atoms with Crippen LogP contribution in [0, 0.1) is 16.7 Å². The number of hydrogen-bond donors (Lipinski definition) is 1. The molecule has 0 bridgehead atoms. The van der Waals surface area contributed by atoms with Crippen molar-refractivity contribution in [3.05, 3.63) is 24.8 Å². The molecule has 2 nitrogen and oxygen atoms in total. The predicted octanol–water partition coefficient (Wildman–Crippen LogP) is 4.92. The standard InChI is InChI=1S/C9H16O2.C7H14/c1-6(2)7(3)9(4,5)8(10)11;1-5-7(3,4)6-2/h7H,1H2,2-5H3,(H,10,11);5H,1,6H2,2-4H3. The molecule has 0 aliphatic heterocycles. The fourth-order valence-corrected chi connectivity index (χ4v) is 0.946. The Morgan fingerprint density at radius 2 is 1.72 bits per heavy atom. The summed E-state index contributed by atoms with van der Waals surface area (Å²) < 4.78 is 0. The molecule has 0 saturated carbocycles. The van der Waals surface area contributed by atoms with Gasteiger partial charge in [-0.2, -0.15) is 0 Å². The van der Waals surface area contributed by atoms with Gasteiger partial charge in [-0.3, -0.25) is 4.79 Å². The molecular formula is C16H30O2. The maximum absolute atomic E-state index is 10.7. The third kappa shape index (κ3) is 6.63. The lowest BCUT2D eigenvalue weighted by atomic mass is 9.77. The Kier molecular flexibility index (Phi) is 7.93. The highest BCUT2D eigenvalue weighted by atomic mass is 16.4. The largest absolute Gasteiger partial charge is 0.481 e. The van der Waals surface area contributed by atoms with Crippen LogP contribution in [0.2, 0.25) is 0 Å². The molecule has 18 heavy (non-hydrogen) atoms. The van der Waals surface area contributed by atoms with Crippen LogP contribution in [-0.4, -0.2) is 11.1 Å². The second-order valence-electron chi connectivity index (χ2n) is 6.14. The van der Waals surface area contributed by atoms with E-state index in [4.69, 9.17) is 5.11 Å². The molecule has 1 atom stereocenters. The number of carboxylic acids is 1. The van der Waals surface area contributed by atoms with Crippen LogP contribution < -0.4 is 0 Å². The Hall–Kier alpha value is -1.05. The lowest BCUT2D eigenvalue weighted by Gasteiger charge is -2.27. The fraction of sp³-hybridized carbons (Fsp3) is 0.688. The molecule has 0 fully saturated rings. The minimum Gasteiger partial charge on any atom is -0.481 e. The summed E-state index contributed by atoms with van der Waals surface area (Å²) in [5, 5.41) is 8.82. The highest BCUT2D eigenvalue weighted by Gasteiger charge is 2.33. The summed E-state index contributed by atoms with van der Waals surface area (Å²) in [5.74, 6) is -0.756. The van der Waals surface area contributed by atoms with Crippen molar-refractivity contribution in [2.24, 2.45) is 16.7 Å². The van der Waals surface area contributed by atoms with Crippen LogP contribution in [0.25, 0.3) is 0 Å². The van der Waals surface area contributed by atoms with Crippen molar-refractivity contribution in [1.29, 1.82) is 0 Å². The lowest BCUT2D eigenvalue weighted by molar-refractivity contribution is -0.148. The van der Waals surface area contributed by atoms with Crippen LogP contribution in [0.5, 0.6) is 0 Å². The highest BCUT2D eigenvalue weighted by molar-refractivity contribution is 5.74. The van der Waals surface area contributed by atoms with Crippen molar-refractivity contribution in [3.63, 3.8) is 0 Å². The second-order valence-corrected chi connectivity index (χ2v) is 6.14. The Bertz CT molecular complexity index is 298. The van der Waals surface area contributed by atoms with E-state index in [1.165, 1.54) is 6.42 Å². The minimum atomic E-state index is -0.770. The van der Waals surface area contributed by atoms with Crippen LogP contribution in [0.4, 0.5) is 0 Å². The quantitative estimate of drug-likeness (QED) is 0.707. The molecule has 0 aromatic rings. The molecule has 0 heterocycles. The van der Waals surface area contributed by atoms with Crippen LogP contribution in [0.3, 0.4) is 0 Å². The van der Waals surface area contributed by atoms with Crippen molar-refractivity contribution in [2.45, 2.75) is 54.9 Å². The van der Waals surface area contributed by atoms with Crippen molar-refractivity contribution >= 4 is 5.97 Å². The number of carbonyl (C=O) groups is 1. The zero-order chi connectivity index (χ0) is 15.1. The molecule has 0 aromatic carbocycles. The molecular weight excluding hydrogens is 224 g/mol. The molecule has 0 radical (unpaired) electrons. The van der Waals surface area contributed by atoms with Gasteiger partial charge in [0.1, 0.15) is 0 Å². The van der Waals surface area contributed by atoms with E-state index in [-0.39, 0.29) is 5.92 Å². The summed E-state index contributed by atoms with van der Waals surface area (Å²) in [6.45, 7) is 21.1. The number of allylic oxidation sites excluding steroid dienone is 2. The summed E-state index contributed by atoms with van der Waals surface area (Å²) in [5.41, 5.74) is 0.559. The number of carboxylic acid groups (broad SMARTS) is 1. The lowest BCUT2D eigenvalue weighted by Crippen LogP contribution is -2.31. The molecule has 0 aromatic heterocycles. The summed E-state index contributed by atoms with van der Waals surface area (Å²) >= 11 is 0. The molecule has 106 valence electrons. The number of aliphatic carboxylic acids is 1. The van der Waals surface area contributed by atoms with E-state index in [1.807, 2.05) is 19.9 Å². The molecule has 0 rings (SSSR count). The van der Waals surface area contributed by atoms with Gasteiger partial charge in [-0.15, -0.1) is 6.58 Å². The fourth-order valence-electron chi connectivity index (χ4n) is 0.946. The zero-order valence-corrected chi connectivity index (χ0v) is 13.1. The third-order valence-electron chi connectivity index (χ3n) is 3.84. The monoisotopic (exact) mass is 254 g/mol. The molecule has 0 saturated heterocycles. The molecule has 2 heteroatoms. The van der Waals surface area contributed by atoms with E-state index < -0.39 is 11.4 Å². The van der Waals surface area contributed by atoms with Gasteiger partial charge in [0.25, 0.3) is 0 Å². The summed E-state index contributed by atoms with van der Waals surface area (Å²) in [7, 11) is 0. The molecule has 1 N–H and O–H groups in total. The Balaban J connectivity index is 0. The first kappa shape index (κ1) is 19.3. The van der Waals surface area contributed by atoms with Crippen molar-refractivity contribution in [3.8, 4) is 0 Å². The van der Waals surface area contributed by atoms with Crippen molar-refractivity contribution in [1.82, 2.24) is 0 Å². The Morgan fingerprint density at radius 3 is 1.78 bits per heavy atom.